The van der Waals surface area contributed by atoms with Gasteiger partial charge in [0.2, 0.25) is 5.91 Å². The van der Waals surface area contributed by atoms with E-state index in [1.54, 1.807) is 0 Å². The summed E-state index contributed by atoms with van der Waals surface area (Å²) in [5, 5.41) is 0. The van der Waals surface area contributed by atoms with Crippen molar-refractivity contribution in [2.75, 3.05) is 36.0 Å². The lowest BCUT2D eigenvalue weighted by Gasteiger charge is -2.41. The number of anilines is 2. The third-order valence-corrected chi connectivity index (χ3v) is 4.90. The van der Waals surface area contributed by atoms with Gasteiger partial charge in [0.25, 0.3) is 0 Å². The van der Waals surface area contributed by atoms with E-state index in [9.17, 15) is 4.79 Å². The van der Waals surface area contributed by atoms with Gasteiger partial charge in [0, 0.05) is 17.6 Å². The van der Waals surface area contributed by atoms with E-state index in [-0.39, 0.29) is 5.91 Å². The lowest BCUT2D eigenvalue weighted by atomic mass is 10.1. The summed E-state index contributed by atoms with van der Waals surface area (Å²) in [6.45, 7) is 3.19. The molecule has 0 spiro atoms. The first-order valence-corrected chi connectivity index (χ1v) is 8.57. The Bertz CT molecular complexity index is 745. The van der Waals surface area contributed by atoms with Crippen molar-refractivity contribution in [3.8, 4) is 5.75 Å². The summed E-state index contributed by atoms with van der Waals surface area (Å²) in [5.74, 6) is 1.01. The number of hydrogen-bond donors (Lipinski definition) is 0. The van der Waals surface area contributed by atoms with E-state index < -0.39 is 0 Å². The first kappa shape index (κ1) is 14.6. The SMILES string of the molecule is O=C(Cc1ccc(Br)cc1)N1CCN2CCOc3cccc1c32. The highest BCUT2D eigenvalue weighted by atomic mass is 79.9. The summed E-state index contributed by atoms with van der Waals surface area (Å²) in [7, 11) is 0. The molecule has 2 aliphatic rings. The van der Waals surface area contributed by atoms with Crippen LogP contribution in [0.3, 0.4) is 0 Å². The van der Waals surface area contributed by atoms with Gasteiger partial charge in [-0.1, -0.05) is 34.1 Å². The molecule has 118 valence electrons. The monoisotopic (exact) mass is 372 g/mol. The molecule has 4 nitrogen and oxygen atoms in total. The van der Waals surface area contributed by atoms with Gasteiger partial charge in [0.05, 0.1) is 18.7 Å². The molecule has 0 aliphatic carbocycles. The smallest absolute Gasteiger partial charge is 0.231 e. The van der Waals surface area contributed by atoms with Crippen molar-refractivity contribution in [1.29, 1.82) is 0 Å². The molecular weight excluding hydrogens is 356 g/mol. The van der Waals surface area contributed by atoms with E-state index >= 15 is 0 Å². The molecule has 0 saturated carbocycles. The zero-order valence-electron chi connectivity index (χ0n) is 12.7. The molecule has 0 atom stereocenters. The normalized spacial score (nSPS) is 15.9. The van der Waals surface area contributed by atoms with Crippen LogP contribution < -0.4 is 14.5 Å². The average Bonchev–Trinajstić information content (AvgIpc) is 2.58. The van der Waals surface area contributed by atoms with Crippen LogP contribution in [-0.2, 0) is 11.2 Å². The number of amides is 1. The Morgan fingerprint density at radius 1 is 1.09 bits per heavy atom. The van der Waals surface area contributed by atoms with Crippen LogP contribution >= 0.6 is 15.9 Å². The molecule has 0 saturated heterocycles. The summed E-state index contributed by atoms with van der Waals surface area (Å²) in [6.07, 6.45) is 0.414. The molecule has 2 heterocycles. The molecular formula is C18H17BrN2O2. The fourth-order valence-corrected chi connectivity index (χ4v) is 3.50. The number of hydrogen-bond acceptors (Lipinski definition) is 3. The second-order valence-electron chi connectivity index (χ2n) is 5.81. The van der Waals surface area contributed by atoms with Gasteiger partial charge in [-0.2, -0.15) is 0 Å². The molecule has 0 aromatic heterocycles. The zero-order chi connectivity index (χ0) is 15.8. The van der Waals surface area contributed by atoms with Gasteiger partial charge in [0.1, 0.15) is 18.0 Å². The van der Waals surface area contributed by atoms with Crippen molar-refractivity contribution >= 4 is 33.2 Å². The third-order valence-electron chi connectivity index (χ3n) is 4.37. The minimum absolute atomic E-state index is 0.131. The standard InChI is InChI=1S/C18H17BrN2O2/c19-14-6-4-13(5-7-14)12-17(22)21-9-8-20-10-11-23-16-3-1-2-15(21)18(16)20/h1-7H,8-12H2. The van der Waals surface area contributed by atoms with Crippen LogP contribution in [0.1, 0.15) is 5.56 Å². The quantitative estimate of drug-likeness (QED) is 0.811. The lowest BCUT2D eigenvalue weighted by molar-refractivity contribution is -0.118. The fourth-order valence-electron chi connectivity index (χ4n) is 3.24. The van der Waals surface area contributed by atoms with Gasteiger partial charge >= 0.3 is 0 Å². The van der Waals surface area contributed by atoms with Crippen molar-refractivity contribution < 1.29 is 9.53 Å². The molecule has 5 heteroatoms. The van der Waals surface area contributed by atoms with E-state index in [0.29, 0.717) is 13.0 Å². The maximum Gasteiger partial charge on any atom is 0.231 e. The van der Waals surface area contributed by atoms with Gasteiger partial charge in [-0.05, 0) is 29.8 Å². The topological polar surface area (TPSA) is 32.8 Å². The molecule has 0 fully saturated rings. The van der Waals surface area contributed by atoms with Crippen LogP contribution in [0, 0.1) is 0 Å². The predicted molar refractivity (Wildman–Crippen MR) is 94.3 cm³/mol. The lowest BCUT2D eigenvalue weighted by Crippen LogP contribution is -2.47. The molecule has 0 unspecified atom stereocenters. The largest absolute Gasteiger partial charge is 0.489 e. The molecule has 0 N–H and O–H groups in total. The maximum absolute atomic E-state index is 12.8. The van der Waals surface area contributed by atoms with E-state index in [1.165, 1.54) is 0 Å². The average molecular weight is 373 g/mol. The van der Waals surface area contributed by atoms with E-state index in [4.69, 9.17) is 4.74 Å². The van der Waals surface area contributed by atoms with E-state index in [1.807, 2.05) is 47.4 Å². The van der Waals surface area contributed by atoms with Gasteiger partial charge < -0.3 is 14.5 Å². The molecule has 0 bridgehead atoms. The summed E-state index contributed by atoms with van der Waals surface area (Å²) >= 11 is 3.42. The molecule has 0 radical (unpaired) electrons. The Morgan fingerprint density at radius 3 is 2.74 bits per heavy atom. The highest BCUT2D eigenvalue weighted by molar-refractivity contribution is 9.10. The summed E-state index contributed by atoms with van der Waals surface area (Å²) < 4.78 is 6.77. The molecule has 2 aliphatic heterocycles. The number of ether oxygens (including phenoxy) is 1. The first-order chi connectivity index (χ1) is 11.2. The van der Waals surface area contributed by atoms with Crippen LogP contribution in [0.25, 0.3) is 0 Å². The summed E-state index contributed by atoms with van der Waals surface area (Å²) in [4.78, 5) is 17.0. The molecule has 2 aromatic rings. The van der Waals surface area contributed by atoms with Crippen molar-refractivity contribution in [3.63, 3.8) is 0 Å². The van der Waals surface area contributed by atoms with Crippen LogP contribution in [0.15, 0.2) is 46.9 Å². The Kier molecular flexibility index (Phi) is 3.73. The summed E-state index contributed by atoms with van der Waals surface area (Å²) in [5.41, 5.74) is 3.06. The van der Waals surface area contributed by atoms with Gasteiger partial charge in [-0.3, -0.25) is 4.79 Å². The summed E-state index contributed by atoms with van der Waals surface area (Å²) in [6, 6.07) is 13.9. The van der Waals surface area contributed by atoms with Crippen LogP contribution in [-0.4, -0.2) is 32.1 Å². The molecule has 2 aromatic carbocycles. The van der Waals surface area contributed by atoms with E-state index in [0.717, 1.165) is 46.8 Å². The van der Waals surface area contributed by atoms with Gasteiger partial charge in [-0.15, -0.1) is 0 Å². The van der Waals surface area contributed by atoms with Crippen LogP contribution in [0.2, 0.25) is 0 Å². The highest BCUT2D eigenvalue weighted by Crippen LogP contribution is 2.42. The van der Waals surface area contributed by atoms with Gasteiger partial charge in [-0.25, -0.2) is 0 Å². The molecule has 1 amide bonds. The van der Waals surface area contributed by atoms with Crippen molar-refractivity contribution in [3.05, 3.63) is 52.5 Å². The van der Waals surface area contributed by atoms with Gasteiger partial charge in [0.15, 0.2) is 0 Å². The number of rotatable bonds is 2. The number of para-hydroxylation sites is 1. The Balaban J connectivity index is 1.62. The number of nitrogens with zero attached hydrogens (tertiary/aromatic N) is 2. The maximum atomic E-state index is 12.8. The first-order valence-electron chi connectivity index (χ1n) is 7.78. The van der Waals surface area contributed by atoms with Crippen molar-refractivity contribution in [1.82, 2.24) is 0 Å². The fraction of sp³-hybridized carbons (Fsp3) is 0.278. The number of carbonyl (C=O) groups excluding carboxylic acids is 1. The number of carbonyl (C=O) groups is 1. The third kappa shape index (κ3) is 2.70. The Hall–Kier alpha value is -2.01. The minimum Gasteiger partial charge on any atom is -0.489 e. The predicted octanol–water partition coefficient (Wildman–Crippen LogP) is 3.24. The van der Waals surface area contributed by atoms with Crippen LogP contribution in [0.5, 0.6) is 5.75 Å². The number of halogens is 1. The second kappa shape index (κ2) is 5.89. The second-order valence-corrected chi connectivity index (χ2v) is 6.72. The molecule has 23 heavy (non-hydrogen) atoms. The molecule has 4 rings (SSSR count). The van der Waals surface area contributed by atoms with Crippen LogP contribution in [0.4, 0.5) is 11.4 Å². The number of benzene rings is 2. The van der Waals surface area contributed by atoms with Crippen molar-refractivity contribution in [2.24, 2.45) is 0 Å². The Morgan fingerprint density at radius 2 is 1.91 bits per heavy atom. The van der Waals surface area contributed by atoms with E-state index in [2.05, 4.69) is 20.8 Å². The minimum atomic E-state index is 0.131. The van der Waals surface area contributed by atoms with Crippen molar-refractivity contribution in [2.45, 2.75) is 6.42 Å². The zero-order valence-corrected chi connectivity index (χ0v) is 14.3. The highest BCUT2D eigenvalue weighted by Gasteiger charge is 2.31. The Labute approximate surface area is 143 Å².